The lowest BCUT2D eigenvalue weighted by atomic mass is 10.1. The van der Waals surface area contributed by atoms with Crippen molar-refractivity contribution >= 4 is 0 Å². The van der Waals surface area contributed by atoms with Crippen molar-refractivity contribution in [2.75, 3.05) is 0 Å². The number of nitrogens with zero attached hydrogens (tertiary/aromatic N) is 5. The van der Waals surface area contributed by atoms with Crippen LogP contribution in [-0.4, -0.2) is 24.8 Å². The molecule has 0 aliphatic rings. The highest BCUT2D eigenvalue weighted by molar-refractivity contribution is 5.66. The van der Waals surface area contributed by atoms with E-state index in [0.29, 0.717) is 6.54 Å². The van der Waals surface area contributed by atoms with Gasteiger partial charge in [0.15, 0.2) is 0 Å². The lowest BCUT2D eigenvalue weighted by Crippen LogP contribution is -1.99. The zero-order valence-electron chi connectivity index (χ0n) is 13.4. The summed E-state index contributed by atoms with van der Waals surface area (Å²) < 4.78 is 3.69. The van der Waals surface area contributed by atoms with E-state index < -0.39 is 0 Å². The largest absolute Gasteiger partial charge is 0.266 e. The van der Waals surface area contributed by atoms with Crippen LogP contribution in [0.25, 0.3) is 22.6 Å². The maximum Gasteiger partial charge on any atom is 0.131 e. The number of hydrogen-bond acceptors (Lipinski definition) is 3. The van der Waals surface area contributed by atoms with E-state index in [1.165, 1.54) is 5.56 Å². The second-order valence-electron chi connectivity index (χ2n) is 5.69. The molecule has 0 spiro atoms. The van der Waals surface area contributed by atoms with Gasteiger partial charge in [0.1, 0.15) is 5.69 Å². The van der Waals surface area contributed by atoms with Crippen molar-refractivity contribution in [3.05, 3.63) is 78.5 Å². The topological polar surface area (TPSA) is 48.5 Å². The second kappa shape index (κ2) is 6.12. The fourth-order valence-electron chi connectivity index (χ4n) is 2.72. The summed E-state index contributed by atoms with van der Waals surface area (Å²) in [5, 5.41) is 13.1. The quantitative estimate of drug-likeness (QED) is 0.580. The molecule has 0 N–H and O–H groups in total. The minimum absolute atomic E-state index is 0.706. The predicted octanol–water partition coefficient (Wildman–Crippen LogP) is 3.39. The molecule has 5 nitrogen and oxygen atoms in total. The van der Waals surface area contributed by atoms with Gasteiger partial charge in [0, 0.05) is 12.6 Å². The fourth-order valence-corrected chi connectivity index (χ4v) is 2.72. The van der Waals surface area contributed by atoms with Crippen LogP contribution in [0.3, 0.4) is 0 Å². The van der Waals surface area contributed by atoms with E-state index in [4.69, 9.17) is 0 Å². The molecular weight excluding hydrogens is 298 g/mol. The third-order valence-corrected chi connectivity index (χ3v) is 3.94. The molecule has 118 valence electrons. The predicted molar refractivity (Wildman–Crippen MR) is 93.2 cm³/mol. The molecule has 5 heteroatoms. The van der Waals surface area contributed by atoms with Crippen LogP contribution < -0.4 is 0 Å². The SMILES string of the molecule is Cn1nc(-c2ccccc2)cc1-c1cn(Cc2ccccc2)nn1. The molecule has 2 aromatic heterocycles. The molecule has 0 fully saturated rings. The van der Waals surface area contributed by atoms with Gasteiger partial charge in [-0.15, -0.1) is 5.10 Å². The Hall–Kier alpha value is -3.21. The summed E-state index contributed by atoms with van der Waals surface area (Å²) in [4.78, 5) is 0. The molecule has 2 heterocycles. The summed E-state index contributed by atoms with van der Waals surface area (Å²) >= 11 is 0. The Bertz CT molecular complexity index is 938. The molecule has 0 aliphatic heterocycles. The Balaban J connectivity index is 1.62. The standard InChI is InChI=1S/C19H17N5/c1-23-19(12-17(21-23)16-10-6-3-7-11-16)18-14-24(22-20-18)13-15-8-4-2-5-9-15/h2-12,14H,13H2,1H3. The Morgan fingerprint density at radius 1 is 0.875 bits per heavy atom. The van der Waals surface area contributed by atoms with Gasteiger partial charge in [-0.25, -0.2) is 4.68 Å². The highest BCUT2D eigenvalue weighted by Crippen LogP contribution is 2.24. The number of hydrogen-bond donors (Lipinski definition) is 0. The number of aromatic nitrogens is 5. The van der Waals surface area contributed by atoms with E-state index in [-0.39, 0.29) is 0 Å². The smallest absolute Gasteiger partial charge is 0.131 e. The fraction of sp³-hybridized carbons (Fsp3) is 0.105. The molecule has 0 radical (unpaired) electrons. The molecule has 0 bridgehead atoms. The van der Waals surface area contributed by atoms with Crippen LogP contribution in [0.5, 0.6) is 0 Å². The van der Waals surface area contributed by atoms with E-state index >= 15 is 0 Å². The van der Waals surface area contributed by atoms with Gasteiger partial charge in [-0.3, -0.25) is 4.68 Å². The molecule has 0 aliphatic carbocycles. The Kier molecular flexibility index (Phi) is 3.67. The van der Waals surface area contributed by atoms with Gasteiger partial charge in [0.05, 0.1) is 24.1 Å². The number of rotatable bonds is 4. The molecule has 24 heavy (non-hydrogen) atoms. The van der Waals surface area contributed by atoms with Gasteiger partial charge in [-0.1, -0.05) is 65.9 Å². The lowest BCUT2D eigenvalue weighted by molar-refractivity contribution is 0.649. The van der Waals surface area contributed by atoms with Crippen LogP contribution in [0, 0.1) is 0 Å². The van der Waals surface area contributed by atoms with Crippen molar-refractivity contribution in [1.29, 1.82) is 0 Å². The first kappa shape index (κ1) is 14.4. The summed E-state index contributed by atoms with van der Waals surface area (Å²) in [5.74, 6) is 0. The lowest BCUT2D eigenvalue weighted by Gasteiger charge is -1.99. The molecule has 0 saturated carbocycles. The maximum atomic E-state index is 4.59. The van der Waals surface area contributed by atoms with Crippen LogP contribution >= 0.6 is 0 Å². The molecule has 0 atom stereocenters. The third-order valence-electron chi connectivity index (χ3n) is 3.94. The van der Waals surface area contributed by atoms with Gasteiger partial charge in [-0.2, -0.15) is 5.10 Å². The molecule has 4 rings (SSSR count). The van der Waals surface area contributed by atoms with Crippen molar-refractivity contribution in [2.24, 2.45) is 7.05 Å². The van der Waals surface area contributed by atoms with E-state index in [1.54, 1.807) is 0 Å². The summed E-state index contributed by atoms with van der Waals surface area (Å²) in [7, 11) is 1.93. The van der Waals surface area contributed by atoms with Crippen LogP contribution in [0.2, 0.25) is 0 Å². The Morgan fingerprint density at radius 2 is 1.58 bits per heavy atom. The summed E-state index contributed by atoms with van der Waals surface area (Å²) in [6.45, 7) is 0.706. The van der Waals surface area contributed by atoms with Gasteiger partial charge < -0.3 is 0 Å². The molecule has 0 unspecified atom stereocenters. The Morgan fingerprint density at radius 3 is 2.33 bits per heavy atom. The van der Waals surface area contributed by atoms with Crippen LogP contribution in [0.4, 0.5) is 0 Å². The van der Waals surface area contributed by atoms with Crippen molar-refractivity contribution in [3.8, 4) is 22.6 Å². The number of aryl methyl sites for hydroxylation is 1. The van der Waals surface area contributed by atoms with E-state index in [2.05, 4.69) is 39.7 Å². The summed E-state index contributed by atoms with van der Waals surface area (Å²) in [6.07, 6.45) is 1.96. The van der Waals surface area contributed by atoms with Crippen molar-refractivity contribution in [2.45, 2.75) is 6.54 Å². The van der Waals surface area contributed by atoms with Gasteiger partial charge in [0.25, 0.3) is 0 Å². The van der Waals surface area contributed by atoms with Gasteiger partial charge in [0.2, 0.25) is 0 Å². The first-order valence-electron chi connectivity index (χ1n) is 7.83. The molecule has 2 aromatic carbocycles. The monoisotopic (exact) mass is 315 g/mol. The zero-order valence-corrected chi connectivity index (χ0v) is 13.4. The molecule has 4 aromatic rings. The highest BCUT2D eigenvalue weighted by Gasteiger charge is 2.12. The van der Waals surface area contributed by atoms with E-state index in [9.17, 15) is 0 Å². The van der Waals surface area contributed by atoms with Crippen LogP contribution in [0.1, 0.15) is 5.56 Å². The third kappa shape index (κ3) is 2.84. The average Bonchev–Trinajstić information content (AvgIpc) is 3.23. The minimum atomic E-state index is 0.706. The summed E-state index contributed by atoms with van der Waals surface area (Å²) in [5.41, 5.74) is 5.00. The van der Waals surface area contributed by atoms with Crippen molar-refractivity contribution in [1.82, 2.24) is 24.8 Å². The first-order chi connectivity index (χ1) is 11.8. The number of benzene rings is 2. The van der Waals surface area contributed by atoms with Crippen molar-refractivity contribution < 1.29 is 0 Å². The highest BCUT2D eigenvalue weighted by atomic mass is 15.4. The Labute approximate surface area is 140 Å². The summed E-state index contributed by atoms with van der Waals surface area (Å²) in [6, 6.07) is 22.4. The zero-order chi connectivity index (χ0) is 16.4. The van der Waals surface area contributed by atoms with Gasteiger partial charge >= 0.3 is 0 Å². The molecule has 0 saturated heterocycles. The first-order valence-corrected chi connectivity index (χ1v) is 7.83. The van der Waals surface area contributed by atoms with Crippen LogP contribution in [-0.2, 0) is 13.6 Å². The normalized spacial score (nSPS) is 10.9. The van der Waals surface area contributed by atoms with Crippen LogP contribution in [0.15, 0.2) is 72.9 Å². The average molecular weight is 315 g/mol. The van der Waals surface area contributed by atoms with Gasteiger partial charge in [-0.05, 0) is 11.6 Å². The molecule has 0 amide bonds. The molecular formula is C19H17N5. The second-order valence-corrected chi connectivity index (χ2v) is 5.69. The van der Waals surface area contributed by atoms with E-state index in [0.717, 1.165) is 22.6 Å². The minimum Gasteiger partial charge on any atom is -0.266 e. The van der Waals surface area contributed by atoms with E-state index in [1.807, 2.05) is 65.1 Å². The van der Waals surface area contributed by atoms with Crippen molar-refractivity contribution in [3.63, 3.8) is 0 Å². The maximum absolute atomic E-state index is 4.59.